The number of hydrogen-bond donors (Lipinski definition) is 4. The molecule has 2 unspecified atom stereocenters. The van der Waals surface area contributed by atoms with E-state index in [1.54, 1.807) is 0 Å². The van der Waals surface area contributed by atoms with Crippen LogP contribution in [0, 0.1) is 0 Å². The summed E-state index contributed by atoms with van der Waals surface area (Å²) in [5.41, 5.74) is 0. The van der Waals surface area contributed by atoms with E-state index in [4.69, 9.17) is 22.4 Å². The van der Waals surface area contributed by atoms with Crippen molar-refractivity contribution in [1.82, 2.24) is 0 Å². The van der Waals surface area contributed by atoms with Gasteiger partial charge in [0.2, 0.25) is 0 Å². The van der Waals surface area contributed by atoms with E-state index >= 15 is 0 Å². The first-order chi connectivity index (χ1) is 6.25. The smallest absolute Gasteiger partial charge is 1.00 e. The number of rotatable bonds is 4. The van der Waals surface area contributed by atoms with Crippen LogP contribution in [-0.2, 0) is 52.7 Å². The minimum absolute atomic E-state index is 0. The van der Waals surface area contributed by atoms with Gasteiger partial charge in [-0.2, -0.15) is 16.8 Å². The van der Waals surface area contributed by atoms with Crippen LogP contribution >= 0.6 is 0 Å². The largest absolute Gasteiger partial charge is 2.00 e. The summed E-state index contributed by atoms with van der Waals surface area (Å²) in [6.07, 6.45) is 0. The molecular weight excluding hydrogens is 368 g/mol. The summed E-state index contributed by atoms with van der Waals surface area (Å²) in [4.78, 5) is 0. The molecule has 0 heterocycles. The molecule has 10 nitrogen and oxygen atoms in total. The molecule has 0 aliphatic heterocycles. The average molecular weight is 376 g/mol. The van der Waals surface area contributed by atoms with Crippen LogP contribution in [0.2, 0.25) is 0 Å². The van der Waals surface area contributed by atoms with Crippen molar-refractivity contribution >= 4 is 121 Å². The first-order valence-corrected chi connectivity index (χ1v) is 6.19. The second-order valence-electron chi connectivity index (χ2n) is 1.01. The molecule has 0 aliphatic carbocycles. The Morgan fingerprint density at radius 3 is 1.06 bits per heavy atom. The van der Waals surface area contributed by atoms with E-state index in [-0.39, 0.29) is 81.2 Å². The van der Waals surface area contributed by atoms with Gasteiger partial charge in [0.05, 0.1) is 0 Å². The Labute approximate surface area is 166 Å². The van der Waals surface area contributed by atoms with Crippen molar-refractivity contribution in [2.24, 2.45) is 0 Å². The minimum atomic E-state index is -2.78. The monoisotopic (exact) mass is 376 g/mol. The van der Waals surface area contributed by atoms with Crippen LogP contribution in [-0.4, -0.2) is 111 Å². The molecule has 0 aromatic heterocycles. The molecule has 0 amide bonds. The maximum Gasteiger partial charge on any atom is 2.00 e. The fourth-order valence-corrected chi connectivity index (χ4v) is 1.16. The van der Waals surface area contributed by atoms with Crippen molar-refractivity contribution < 1.29 is 48.0 Å². The van der Waals surface area contributed by atoms with Crippen LogP contribution < -0.4 is 0 Å². The SMILES string of the molecule is O=S(O)O.O=S(O)OS(=O)OS(=O)O.[Ca+2].[Ca+2].[H-].[H-].[H-].[H-]. The third-order valence-corrected chi connectivity index (χ3v) is 2.05. The van der Waals surface area contributed by atoms with Crippen molar-refractivity contribution in [3.05, 3.63) is 0 Å². The van der Waals surface area contributed by atoms with Gasteiger partial charge in [-0.05, 0) is 0 Å². The predicted molar refractivity (Wildman–Crippen MR) is 61.2 cm³/mol. The molecule has 0 aromatic carbocycles. The molecule has 0 fully saturated rings. The van der Waals surface area contributed by atoms with Gasteiger partial charge in [-0.1, -0.05) is 0 Å². The molecule has 0 radical (unpaired) electrons. The van der Waals surface area contributed by atoms with Gasteiger partial charge >= 0.3 is 110 Å². The molecular formula is H8Ca2O10S4. The zero-order valence-electron chi connectivity index (χ0n) is 11.3. The second-order valence-corrected chi connectivity index (χ2v) is 3.83. The van der Waals surface area contributed by atoms with Gasteiger partial charge in [0, 0.05) is 0 Å². The maximum absolute atomic E-state index is 10.0. The van der Waals surface area contributed by atoms with Crippen molar-refractivity contribution in [3.63, 3.8) is 0 Å². The van der Waals surface area contributed by atoms with Crippen molar-refractivity contribution in [2.75, 3.05) is 0 Å². The third-order valence-electron chi connectivity index (χ3n) is 0.228. The fraction of sp³-hybridized carbons (Fsp3) is 0. The first-order valence-electron chi connectivity index (χ1n) is 2.06. The summed E-state index contributed by atoms with van der Waals surface area (Å²) in [6.45, 7) is 0. The van der Waals surface area contributed by atoms with Crippen molar-refractivity contribution in [1.29, 1.82) is 0 Å². The minimum Gasteiger partial charge on any atom is -1.00 e. The van der Waals surface area contributed by atoms with Crippen molar-refractivity contribution in [2.45, 2.75) is 0 Å². The zero-order chi connectivity index (χ0) is 11.7. The van der Waals surface area contributed by atoms with Crippen LogP contribution in [0.4, 0.5) is 0 Å². The summed E-state index contributed by atoms with van der Waals surface area (Å²) in [5.74, 6) is 0. The second kappa shape index (κ2) is 17.9. The van der Waals surface area contributed by atoms with Gasteiger partial charge in [0.15, 0.2) is 0 Å². The molecule has 16 heteroatoms. The molecule has 96 valence electrons. The van der Waals surface area contributed by atoms with Gasteiger partial charge in [-0.15, -0.1) is 7.26 Å². The molecule has 0 aliphatic rings. The van der Waals surface area contributed by atoms with Crippen LogP contribution in [0.1, 0.15) is 5.71 Å². The van der Waals surface area contributed by atoms with E-state index < -0.39 is 45.4 Å². The normalized spacial score (nSPS) is 14.6. The van der Waals surface area contributed by atoms with Crippen LogP contribution in [0.25, 0.3) is 0 Å². The summed E-state index contributed by atoms with van der Waals surface area (Å²) < 4.78 is 74.7. The predicted octanol–water partition coefficient (Wildman–Crippen LogP) is -1.76. The van der Waals surface area contributed by atoms with Gasteiger partial charge in [0.1, 0.15) is 0 Å². The molecule has 4 N–H and O–H groups in total. The molecule has 2 atom stereocenters. The fourth-order valence-electron chi connectivity index (χ4n) is 0.106. The van der Waals surface area contributed by atoms with Gasteiger partial charge in [0.25, 0.3) is 11.4 Å². The van der Waals surface area contributed by atoms with E-state index in [2.05, 4.69) is 7.26 Å². The standard InChI is InChI=1S/2Ca.H2O7S3.H2O3S.4H/c;;1-8(2)6-10(5)7-9(3)4;1-4(2)3;;;;/h;;(H,1,2)(H,3,4);(H2,1,2,3);;;;/q2*+2;;;4*-1. The van der Waals surface area contributed by atoms with E-state index in [0.717, 1.165) is 0 Å². The average Bonchev–Trinajstić information content (AvgIpc) is 1.79. The van der Waals surface area contributed by atoms with Gasteiger partial charge < -0.3 is 5.71 Å². The summed E-state index contributed by atoms with van der Waals surface area (Å²) in [5, 5.41) is 0. The van der Waals surface area contributed by atoms with Crippen LogP contribution in [0.5, 0.6) is 0 Å². The van der Waals surface area contributed by atoms with Crippen LogP contribution in [0.15, 0.2) is 0 Å². The summed E-state index contributed by atoms with van der Waals surface area (Å²) in [6, 6.07) is 0. The van der Waals surface area contributed by atoms with Gasteiger partial charge in [-0.25, -0.2) is 0 Å². The first kappa shape index (κ1) is 27.3. The summed E-state index contributed by atoms with van der Waals surface area (Å²) >= 11 is -10.9. The summed E-state index contributed by atoms with van der Waals surface area (Å²) in [7, 11) is 0. The van der Waals surface area contributed by atoms with Crippen LogP contribution in [0.3, 0.4) is 0 Å². The van der Waals surface area contributed by atoms with Crippen molar-refractivity contribution in [3.8, 4) is 0 Å². The Morgan fingerprint density at radius 1 is 0.750 bits per heavy atom. The topological polar surface area (TPSA) is 168 Å². The Hall–Kier alpha value is 2.88. The Balaban J connectivity index is -0.0000000217. The van der Waals surface area contributed by atoms with E-state index in [9.17, 15) is 12.6 Å². The Bertz CT molecular complexity index is 242. The molecule has 0 bridgehead atoms. The van der Waals surface area contributed by atoms with Gasteiger partial charge in [-0.3, -0.25) is 18.2 Å². The molecule has 0 aromatic rings. The van der Waals surface area contributed by atoms with E-state index in [0.29, 0.717) is 0 Å². The quantitative estimate of drug-likeness (QED) is 0.326. The molecule has 0 rings (SSSR count). The molecule has 0 saturated carbocycles. The zero-order valence-corrected chi connectivity index (χ0v) is 15.0. The van der Waals surface area contributed by atoms with E-state index in [1.807, 2.05) is 0 Å². The molecule has 0 spiro atoms. The number of hydrogen-bond acceptors (Lipinski definition) is 6. The maximum atomic E-state index is 10.0. The van der Waals surface area contributed by atoms with E-state index in [1.165, 1.54) is 0 Å². The Morgan fingerprint density at radius 2 is 0.938 bits per heavy atom. The molecule has 0 saturated heterocycles. The Kier molecular flexibility index (Phi) is 30.5. The third kappa shape index (κ3) is 36.0. The molecule has 16 heavy (non-hydrogen) atoms.